The fourth-order valence-corrected chi connectivity index (χ4v) is 11.5. The number of amides is 16. The fraction of sp³-hybridized carbons (Fsp3) is 0.672. The second-order valence-electron chi connectivity index (χ2n) is 25.0. The van der Waals surface area contributed by atoms with E-state index in [9.17, 15) is 76.7 Å². The third-order valence-electron chi connectivity index (χ3n) is 15.8. The van der Waals surface area contributed by atoms with Crippen molar-refractivity contribution < 1.29 is 85.6 Å². The minimum Gasteiger partial charge on any atom is -0.486 e. The number of benzene rings is 1. The van der Waals surface area contributed by atoms with Crippen molar-refractivity contribution in [3.05, 3.63) is 24.3 Å². The van der Waals surface area contributed by atoms with Gasteiger partial charge in [0.05, 0.1) is 28.6 Å². The first-order chi connectivity index (χ1) is 49.2. The predicted molar refractivity (Wildman–Crippen MR) is 384 cm³/mol. The van der Waals surface area contributed by atoms with Gasteiger partial charge in [0.15, 0.2) is 17.8 Å². The molecule has 3 rings (SSSR count). The van der Waals surface area contributed by atoms with Crippen LogP contribution in [-0.4, -0.2) is 210 Å². The number of ether oxygens (including phenoxy) is 1. The summed E-state index contributed by atoms with van der Waals surface area (Å²) in [7, 11) is 0. The van der Waals surface area contributed by atoms with E-state index in [0.717, 1.165) is 0 Å². The van der Waals surface area contributed by atoms with Crippen LogP contribution >= 0.6 is 23.5 Å². The number of nitrogens with one attached hydrogen (secondary N) is 10. The van der Waals surface area contributed by atoms with Crippen molar-refractivity contribution in [1.82, 2.24) is 57.7 Å². The highest BCUT2D eigenvalue weighted by Gasteiger charge is 2.39. The molecule has 0 aromatic heterocycles. The Bertz CT molecular complexity index is 3010. The van der Waals surface area contributed by atoms with Crippen molar-refractivity contribution >= 4 is 124 Å². The maximum atomic E-state index is 13.3. The van der Waals surface area contributed by atoms with Crippen molar-refractivity contribution in [2.75, 3.05) is 63.7 Å². The van der Waals surface area contributed by atoms with E-state index in [0.29, 0.717) is 102 Å². The Balaban J connectivity index is 0.000000830. The van der Waals surface area contributed by atoms with Crippen LogP contribution in [-0.2, 0) is 62.3 Å². The molecule has 2 aliphatic rings. The Morgan fingerprint density at radius 1 is 0.545 bits per heavy atom. The molecule has 2 aliphatic heterocycles. The molecule has 0 radical (unpaired) electrons. The normalized spacial score (nSPS) is 16.2. The van der Waals surface area contributed by atoms with Gasteiger partial charge in [0.25, 0.3) is 0 Å². The lowest BCUT2D eigenvalue weighted by molar-refractivity contribution is -0.139. The van der Waals surface area contributed by atoms with Gasteiger partial charge >= 0.3 is 18.1 Å². The molecule has 16 N–H and O–H groups in total. The molecule has 0 aliphatic carbocycles. The molecule has 2 saturated heterocycles. The number of anilines is 1. The van der Waals surface area contributed by atoms with Gasteiger partial charge in [0.2, 0.25) is 59.1 Å². The van der Waals surface area contributed by atoms with Crippen LogP contribution in [0.15, 0.2) is 24.3 Å². The lowest BCUT2D eigenvalue weighted by Gasteiger charge is -2.25. The minimum atomic E-state index is -1.01. The summed E-state index contributed by atoms with van der Waals surface area (Å²) in [6, 6.07) is -0.716. The number of likely N-dealkylation sites (N-methyl/N-ethyl adjacent to an activating group) is 1. The minimum absolute atomic E-state index is 0.0863. The second-order valence-corrected chi connectivity index (χ2v) is 27.0. The van der Waals surface area contributed by atoms with Crippen molar-refractivity contribution in [3.8, 4) is 5.75 Å². The third-order valence-corrected chi connectivity index (χ3v) is 17.7. The first-order valence-electron chi connectivity index (χ1n) is 35.8. The molecule has 2 heterocycles. The SMILES string of the molecule is [2H]C(=O)COc1ccc(NC(=O)[C@H](CCCNC(N)=O)NC(=O)[C@@H](NC(=O)CCCCCN2C(=O)CC(SC)C2=O)C(C)C)cc1.[2H]CC(=O)[C@H](CCCNC(N)=O)NC(=O)[C@@H](NC(=O)CCCCCN1C(=O)CC(SC)C1=O)C(C)C.[2H]CC(=O)[C@H](CCCNC(N)=O)NC(=O)[C@@H](NCC)C(C)C. The van der Waals surface area contributed by atoms with E-state index in [1.54, 1.807) is 40.2 Å². The molecule has 16 amide bonds. The zero-order valence-corrected chi connectivity index (χ0v) is 61.4. The summed E-state index contributed by atoms with van der Waals surface area (Å²) in [5.41, 5.74) is 15.5. The van der Waals surface area contributed by atoms with Gasteiger partial charge in [-0.15, -0.1) is 0 Å². The maximum Gasteiger partial charge on any atom is 0.312 e. The Labute approximate surface area is 605 Å². The molecule has 1 aromatic carbocycles. The molecule has 0 saturated carbocycles. The molecule has 8 atom stereocenters. The van der Waals surface area contributed by atoms with Crippen LogP contribution in [0.5, 0.6) is 5.75 Å². The van der Waals surface area contributed by atoms with Crippen LogP contribution in [0, 0.1) is 17.8 Å². The molecule has 568 valence electrons. The average molecular weight is 1470 g/mol. The van der Waals surface area contributed by atoms with Gasteiger partial charge in [-0.05, 0) is 139 Å². The quantitative estimate of drug-likeness (QED) is 0.0253. The summed E-state index contributed by atoms with van der Waals surface area (Å²) in [4.78, 5) is 195. The highest BCUT2D eigenvalue weighted by Crippen LogP contribution is 2.25. The Kier molecular flexibility index (Phi) is 42.1. The highest BCUT2D eigenvalue weighted by atomic mass is 32.2. The van der Waals surface area contributed by atoms with Crippen LogP contribution in [0.3, 0.4) is 0 Å². The van der Waals surface area contributed by atoms with E-state index in [4.69, 9.17) is 26.1 Å². The summed E-state index contributed by atoms with van der Waals surface area (Å²) in [5.74, 6) is -4.07. The molecule has 34 heteroatoms. The Morgan fingerprint density at radius 3 is 1.26 bits per heavy atom. The van der Waals surface area contributed by atoms with Gasteiger partial charge in [-0.3, -0.25) is 72.1 Å². The molecular weight excluding hydrogens is 1350 g/mol. The van der Waals surface area contributed by atoms with Gasteiger partial charge in [-0.1, -0.05) is 61.3 Å². The molecule has 2 unspecified atom stereocenters. The lowest BCUT2D eigenvalue weighted by Crippen LogP contribution is -2.54. The first kappa shape index (κ1) is 85.0. The molecule has 0 spiro atoms. The summed E-state index contributed by atoms with van der Waals surface area (Å²) in [5, 5.41) is 26.0. The van der Waals surface area contributed by atoms with Crippen LogP contribution in [0.25, 0.3) is 0 Å². The van der Waals surface area contributed by atoms with Crippen LogP contribution in [0.2, 0.25) is 0 Å². The number of nitrogens with zero attached hydrogens (tertiary/aromatic N) is 2. The number of carbonyl (C=O) groups is 16. The maximum absolute atomic E-state index is 13.3. The van der Waals surface area contributed by atoms with E-state index >= 15 is 0 Å². The zero-order valence-electron chi connectivity index (χ0n) is 62.7. The standard InChI is InChI=1S/C30H44N6O8S.C23H39N5O6S.C14H28N4O3/c1-19(2)26(35-24(38)9-5-4-6-15-36-25(39)18-23(45-3)29(36)42)28(41)34-22(8-7-14-32-30(31)43)27(40)33-20-10-12-21(13-11-20)44-17-16-37;1-14(2)20(21(32)26-16(15(3)29)9-8-11-25-23(24)34)27-18(30)10-6-5-7-12-28-19(31)13-17(35-4)22(28)33;1-5-16-12(9(2)3)13(20)18-11(10(4)19)7-6-8-17-14(15)21/h10-13,16,19,22-23,26H,4-9,14-15,17-18H2,1-3H3,(H,33,40)(H,34,41)(H,35,38)(H3,31,32,43);14,16-17,20H,5-13H2,1-4H3,(H,26,32)(H,27,30)(H3,24,25,34);9,11-12,16H,5-8H2,1-4H3,(H,18,20)(H3,15,17,21)/t22-,23?,26-;16-,17?,20-;11-,12-/m000/s1/i16D;3D;4D. The molecule has 0 bridgehead atoms. The summed E-state index contributed by atoms with van der Waals surface area (Å²) < 4.78 is 26.6. The number of carbonyl (C=O) groups excluding carboxylic acids is 16. The predicted octanol–water partition coefficient (Wildman–Crippen LogP) is 2.17. The fourth-order valence-electron chi connectivity index (χ4n) is 10.2. The van der Waals surface area contributed by atoms with E-state index in [1.165, 1.54) is 57.6 Å². The number of rotatable bonds is 46. The summed E-state index contributed by atoms with van der Waals surface area (Å²) in [6.45, 7) is 13.6. The highest BCUT2D eigenvalue weighted by molar-refractivity contribution is 8.00. The van der Waals surface area contributed by atoms with Gasteiger partial charge in [0, 0.05) is 66.8 Å². The number of urea groups is 3. The number of hydrogen-bond donors (Lipinski definition) is 13. The van der Waals surface area contributed by atoms with Crippen LogP contribution < -0.4 is 75.1 Å². The number of unbranched alkanes of at least 4 members (excludes halogenated alkanes) is 4. The monoisotopic (exact) mass is 1460 g/mol. The number of likely N-dealkylation sites (tertiary alicyclic amines) is 2. The van der Waals surface area contributed by atoms with Crippen molar-refractivity contribution in [2.24, 2.45) is 35.0 Å². The van der Waals surface area contributed by atoms with Crippen LogP contribution in [0.1, 0.15) is 169 Å². The van der Waals surface area contributed by atoms with E-state index in [2.05, 4.69) is 53.2 Å². The van der Waals surface area contributed by atoms with Gasteiger partial charge in [0.1, 0.15) is 31.9 Å². The number of Topliss-reactive ketones (excluding diaryl/α,β-unsaturated/α-hetero) is 2. The number of aldehydes is 1. The van der Waals surface area contributed by atoms with Crippen molar-refractivity contribution in [3.63, 3.8) is 0 Å². The van der Waals surface area contributed by atoms with Crippen LogP contribution in [0.4, 0.5) is 20.1 Å². The van der Waals surface area contributed by atoms with Gasteiger partial charge in [-0.25, -0.2) is 14.4 Å². The van der Waals surface area contributed by atoms with E-state index in [1.807, 2.05) is 20.8 Å². The number of hydrogen-bond acceptors (Lipinski definition) is 20. The first-order valence-corrected chi connectivity index (χ1v) is 36.5. The Morgan fingerprint density at radius 2 is 0.921 bits per heavy atom. The average Bonchev–Trinajstić information content (AvgIpc) is 1.69. The topological polar surface area (TPSA) is 487 Å². The zero-order chi connectivity index (χ0) is 78.6. The molecular formula is C67H111N15O17S2. The number of primary amides is 3. The van der Waals surface area contributed by atoms with Crippen molar-refractivity contribution in [1.29, 1.82) is 0 Å². The number of imide groups is 2. The van der Waals surface area contributed by atoms with E-state index in [-0.39, 0.29) is 140 Å². The molecule has 1 aromatic rings. The summed E-state index contributed by atoms with van der Waals surface area (Å²) in [6.07, 6.45) is 8.90. The number of thioether (sulfide) groups is 2. The molecule has 2 fully saturated rings. The molecule has 101 heavy (non-hydrogen) atoms. The Hall–Kier alpha value is -8.40. The smallest absolute Gasteiger partial charge is 0.312 e. The number of ketones is 2. The second kappa shape index (κ2) is 50.0. The van der Waals surface area contributed by atoms with Gasteiger partial charge in [-0.2, -0.15) is 23.5 Å². The van der Waals surface area contributed by atoms with Crippen molar-refractivity contribution in [2.45, 2.75) is 212 Å². The third kappa shape index (κ3) is 36.7. The number of nitrogens with two attached hydrogens (primary N) is 3. The lowest BCUT2D eigenvalue weighted by atomic mass is 10.0. The largest absolute Gasteiger partial charge is 0.486 e. The summed E-state index contributed by atoms with van der Waals surface area (Å²) >= 11 is 2.73. The van der Waals surface area contributed by atoms with Gasteiger partial charge < -0.3 is 75.1 Å². The van der Waals surface area contributed by atoms with E-state index < -0.39 is 91.6 Å². The molecule has 32 nitrogen and oxygen atoms in total.